The van der Waals surface area contributed by atoms with Gasteiger partial charge in [-0.25, -0.2) is 4.74 Å². The van der Waals surface area contributed by atoms with E-state index in [1.165, 1.54) is 0 Å². The SMILES string of the molecule is COC(F)(F)OC(F)(F)F. The molecule has 0 amide bonds. The van der Waals surface area contributed by atoms with Crippen LogP contribution in [0.2, 0.25) is 0 Å². The van der Waals surface area contributed by atoms with Crippen LogP contribution >= 0.6 is 0 Å². The van der Waals surface area contributed by atoms with Crippen molar-refractivity contribution in [2.75, 3.05) is 7.11 Å². The molecule has 0 spiro atoms. The van der Waals surface area contributed by atoms with E-state index in [-0.39, 0.29) is 0 Å². The van der Waals surface area contributed by atoms with Crippen LogP contribution in [0.3, 0.4) is 0 Å². The Labute approximate surface area is 52.5 Å². The second-order valence-electron chi connectivity index (χ2n) is 1.22. The van der Waals surface area contributed by atoms with Crippen molar-refractivity contribution >= 4 is 0 Å². The molecule has 0 radical (unpaired) electrons. The van der Waals surface area contributed by atoms with Crippen LogP contribution in [0.5, 0.6) is 0 Å². The van der Waals surface area contributed by atoms with Crippen molar-refractivity contribution in [2.45, 2.75) is 12.7 Å². The molecule has 0 aromatic carbocycles. The van der Waals surface area contributed by atoms with Crippen LogP contribution in [0.15, 0.2) is 0 Å². The predicted octanol–water partition coefficient (Wildman–Crippen LogP) is 1.72. The minimum atomic E-state index is -5.39. The van der Waals surface area contributed by atoms with Gasteiger partial charge in [0.2, 0.25) is 0 Å². The predicted molar refractivity (Wildman–Crippen MR) is 19.1 cm³/mol. The molecule has 0 aliphatic rings. The minimum Gasteiger partial charge on any atom is -0.299 e. The average Bonchev–Trinajstić information content (AvgIpc) is 1.60. The van der Waals surface area contributed by atoms with Crippen LogP contribution in [-0.4, -0.2) is 19.8 Å². The Morgan fingerprint density at radius 3 is 1.50 bits per heavy atom. The number of methoxy groups -OCH3 is 1. The number of ether oxygens (including phenoxy) is 2. The number of alkyl halides is 5. The highest BCUT2D eigenvalue weighted by Gasteiger charge is 2.45. The topological polar surface area (TPSA) is 18.5 Å². The van der Waals surface area contributed by atoms with Gasteiger partial charge in [0.1, 0.15) is 0 Å². The molecule has 0 atom stereocenters. The van der Waals surface area contributed by atoms with Crippen molar-refractivity contribution in [1.29, 1.82) is 0 Å². The standard InChI is InChI=1S/C3H3F5O2/c1-9-3(7,8)10-2(4,5)6/h1H3. The number of halogens is 5. The first-order valence-electron chi connectivity index (χ1n) is 1.97. The summed E-state index contributed by atoms with van der Waals surface area (Å²) < 4.78 is 61.1. The molecule has 7 heteroatoms. The molecule has 0 unspecified atom stereocenters. The second kappa shape index (κ2) is 2.67. The summed E-state index contributed by atoms with van der Waals surface area (Å²) in [7, 11) is 0.395. The van der Waals surface area contributed by atoms with Gasteiger partial charge in [0.15, 0.2) is 0 Å². The van der Waals surface area contributed by atoms with Gasteiger partial charge >= 0.3 is 12.7 Å². The smallest absolute Gasteiger partial charge is 0.299 e. The van der Waals surface area contributed by atoms with Gasteiger partial charge in [0, 0.05) is 7.11 Å². The molecule has 62 valence electrons. The summed E-state index contributed by atoms with van der Waals surface area (Å²) >= 11 is 0. The molecule has 0 fully saturated rings. The summed E-state index contributed by atoms with van der Waals surface area (Å²) in [5, 5.41) is 0. The third-order valence-electron chi connectivity index (χ3n) is 0.472. The zero-order valence-corrected chi connectivity index (χ0v) is 4.71. The quantitative estimate of drug-likeness (QED) is 0.459. The van der Waals surface area contributed by atoms with E-state index in [2.05, 4.69) is 9.47 Å². The second-order valence-corrected chi connectivity index (χ2v) is 1.22. The molecular weight excluding hydrogens is 163 g/mol. The van der Waals surface area contributed by atoms with Gasteiger partial charge in [-0.2, -0.15) is 0 Å². The van der Waals surface area contributed by atoms with Gasteiger partial charge in [-0.3, -0.25) is 4.74 Å². The lowest BCUT2D eigenvalue weighted by Crippen LogP contribution is -2.31. The minimum absolute atomic E-state index is 0.395. The number of rotatable bonds is 2. The highest BCUT2D eigenvalue weighted by atomic mass is 19.4. The summed E-state index contributed by atoms with van der Waals surface area (Å²) in [4.78, 5) is 0. The Hall–Kier alpha value is -0.430. The summed E-state index contributed by atoms with van der Waals surface area (Å²) in [6, 6.07) is 0. The van der Waals surface area contributed by atoms with E-state index in [1.54, 1.807) is 0 Å². The van der Waals surface area contributed by atoms with Gasteiger partial charge in [-0.15, -0.1) is 22.0 Å². The van der Waals surface area contributed by atoms with Gasteiger partial charge in [0.05, 0.1) is 0 Å². The van der Waals surface area contributed by atoms with E-state index in [9.17, 15) is 22.0 Å². The molecule has 0 rings (SSSR count). The Morgan fingerprint density at radius 1 is 1.00 bits per heavy atom. The molecule has 0 N–H and O–H groups in total. The van der Waals surface area contributed by atoms with Gasteiger partial charge in [-0.1, -0.05) is 0 Å². The maximum absolute atomic E-state index is 11.5. The number of hydrogen-bond donors (Lipinski definition) is 0. The van der Waals surface area contributed by atoms with Crippen molar-refractivity contribution in [3.63, 3.8) is 0 Å². The molecule has 0 aromatic rings. The van der Waals surface area contributed by atoms with Gasteiger partial charge < -0.3 is 0 Å². The number of hydrogen-bond acceptors (Lipinski definition) is 2. The lowest BCUT2D eigenvalue weighted by molar-refractivity contribution is -0.492. The van der Waals surface area contributed by atoms with Crippen LogP contribution in [0.1, 0.15) is 0 Å². The Kier molecular flexibility index (Phi) is 2.55. The lowest BCUT2D eigenvalue weighted by atomic mass is 11.1. The Balaban J connectivity index is 3.89. The van der Waals surface area contributed by atoms with Crippen LogP contribution < -0.4 is 0 Å². The molecule has 0 saturated carbocycles. The third-order valence-corrected chi connectivity index (χ3v) is 0.472. The van der Waals surface area contributed by atoms with E-state index in [0.29, 0.717) is 7.11 Å². The van der Waals surface area contributed by atoms with E-state index in [1.807, 2.05) is 0 Å². The molecule has 0 aromatic heterocycles. The van der Waals surface area contributed by atoms with Gasteiger partial charge in [0.25, 0.3) is 0 Å². The first kappa shape index (κ1) is 9.57. The summed E-state index contributed by atoms with van der Waals surface area (Å²) in [6.07, 6.45) is -9.99. The fourth-order valence-electron chi connectivity index (χ4n) is 0.176. The molecule has 0 aliphatic heterocycles. The fraction of sp³-hybridized carbons (Fsp3) is 1.00. The summed E-state index contributed by atoms with van der Waals surface area (Å²) in [5.74, 6) is 0. The molecule has 0 heterocycles. The van der Waals surface area contributed by atoms with Crippen LogP contribution in [-0.2, 0) is 9.47 Å². The monoisotopic (exact) mass is 166 g/mol. The lowest BCUT2D eigenvalue weighted by Gasteiger charge is -2.14. The molecule has 0 bridgehead atoms. The van der Waals surface area contributed by atoms with Crippen molar-refractivity contribution in [3.05, 3.63) is 0 Å². The van der Waals surface area contributed by atoms with Crippen LogP contribution in [0.4, 0.5) is 22.0 Å². The first-order valence-corrected chi connectivity index (χ1v) is 1.97. The molecule has 2 nitrogen and oxygen atoms in total. The molecule has 0 saturated heterocycles. The van der Waals surface area contributed by atoms with E-state index >= 15 is 0 Å². The summed E-state index contributed by atoms with van der Waals surface area (Å²) in [5.41, 5.74) is 0. The molecule has 0 aliphatic carbocycles. The van der Waals surface area contributed by atoms with E-state index in [0.717, 1.165) is 0 Å². The van der Waals surface area contributed by atoms with E-state index < -0.39 is 12.7 Å². The van der Waals surface area contributed by atoms with Crippen LogP contribution in [0, 0.1) is 0 Å². The largest absolute Gasteiger partial charge is 0.529 e. The van der Waals surface area contributed by atoms with Crippen molar-refractivity contribution < 1.29 is 31.4 Å². The van der Waals surface area contributed by atoms with Crippen molar-refractivity contribution in [3.8, 4) is 0 Å². The third kappa shape index (κ3) is 4.45. The zero-order chi connectivity index (χ0) is 8.41. The van der Waals surface area contributed by atoms with E-state index in [4.69, 9.17) is 0 Å². The maximum Gasteiger partial charge on any atom is 0.529 e. The normalized spacial score (nSPS) is 13.8. The first-order chi connectivity index (χ1) is 4.27. The Bertz CT molecular complexity index is 108. The van der Waals surface area contributed by atoms with Gasteiger partial charge in [-0.05, 0) is 0 Å². The molecule has 10 heavy (non-hydrogen) atoms. The highest BCUT2D eigenvalue weighted by Crippen LogP contribution is 2.27. The zero-order valence-electron chi connectivity index (χ0n) is 4.71. The summed E-state index contributed by atoms with van der Waals surface area (Å²) in [6.45, 7) is 0. The fourth-order valence-corrected chi connectivity index (χ4v) is 0.176. The maximum atomic E-state index is 11.5. The van der Waals surface area contributed by atoms with Crippen molar-refractivity contribution in [1.82, 2.24) is 0 Å². The van der Waals surface area contributed by atoms with Crippen molar-refractivity contribution in [2.24, 2.45) is 0 Å². The average molecular weight is 166 g/mol. The highest BCUT2D eigenvalue weighted by molar-refractivity contribution is 4.33. The Morgan fingerprint density at radius 2 is 1.40 bits per heavy atom. The van der Waals surface area contributed by atoms with Crippen LogP contribution in [0.25, 0.3) is 0 Å². The molecular formula is C3H3F5O2.